The first kappa shape index (κ1) is 41.3. The van der Waals surface area contributed by atoms with Crippen molar-refractivity contribution in [1.29, 1.82) is 0 Å². The number of aryl methyl sites for hydroxylation is 3. The van der Waals surface area contributed by atoms with Crippen LogP contribution in [-0.2, 0) is 16.2 Å². The molecule has 1 saturated carbocycles. The van der Waals surface area contributed by atoms with Crippen LogP contribution >= 0.6 is 0 Å². The minimum atomic E-state index is -0.0782. The summed E-state index contributed by atoms with van der Waals surface area (Å²) in [6, 6.07) is 49.2. The largest absolute Gasteiger partial charge is 0.456 e. The van der Waals surface area contributed by atoms with Crippen LogP contribution in [0.3, 0.4) is 0 Å². The summed E-state index contributed by atoms with van der Waals surface area (Å²) < 4.78 is 6.67. The summed E-state index contributed by atoms with van der Waals surface area (Å²) >= 11 is 0. The second kappa shape index (κ2) is 13.9. The normalized spacial score (nSPS) is 19.8. The Morgan fingerprint density at radius 2 is 1.17 bits per heavy atom. The van der Waals surface area contributed by atoms with Gasteiger partial charge in [-0.15, -0.1) is 0 Å². The third-order valence-corrected chi connectivity index (χ3v) is 16.4. The summed E-state index contributed by atoms with van der Waals surface area (Å²) in [4.78, 5) is 7.98. The zero-order chi connectivity index (χ0) is 45.8. The van der Waals surface area contributed by atoms with Crippen LogP contribution in [0.4, 0.5) is 45.5 Å². The van der Waals surface area contributed by atoms with Crippen molar-refractivity contribution in [3.05, 3.63) is 161 Å². The average Bonchev–Trinajstić information content (AvgIpc) is 3.75. The van der Waals surface area contributed by atoms with Gasteiger partial charge in [0.25, 0.3) is 6.71 Å². The Hall–Kier alpha value is -6.20. The minimum absolute atomic E-state index is 0.00463. The van der Waals surface area contributed by atoms with Crippen molar-refractivity contribution in [2.75, 3.05) is 14.7 Å². The zero-order valence-corrected chi connectivity index (χ0v) is 40.8. The molecular weight excluding hydrogens is 802 g/mol. The molecule has 330 valence electrons. The smallest absolute Gasteiger partial charge is 0.252 e. The molecular formula is C61H62BN3O. The van der Waals surface area contributed by atoms with E-state index >= 15 is 0 Å². The van der Waals surface area contributed by atoms with E-state index in [0.29, 0.717) is 0 Å². The van der Waals surface area contributed by atoms with Gasteiger partial charge in [0.05, 0.1) is 16.6 Å². The molecule has 1 aliphatic carbocycles. The van der Waals surface area contributed by atoms with Crippen LogP contribution in [0.1, 0.15) is 114 Å². The van der Waals surface area contributed by atoms with Crippen molar-refractivity contribution in [3.63, 3.8) is 0 Å². The minimum Gasteiger partial charge on any atom is -0.456 e. The van der Waals surface area contributed by atoms with E-state index in [0.717, 1.165) is 34.0 Å². The van der Waals surface area contributed by atoms with Crippen LogP contribution in [0.5, 0.6) is 0 Å². The molecule has 12 rings (SSSR count). The van der Waals surface area contributed by atoms with Crippen LogP contribution in [0, 0.1) is 20.8 Å². The lowest BCUT2D eigenvalue weighted by atomic mass is 9.33. The Bertz CT molecular complexity index is 3350. The molecule has 0 saturated heterocycles. The molecule has 8 aromatic rings. The lowest BCUT2D eigenvalue weighted by Crippen LogP contribution is -2.61. The molecule has 1 aromatic heterocycles. The number of hydrogen-bond acceptors (Lipinski definition) is 4. The lowest BCUT2D eigenvalue weighted by Gasteiger charge is -2.51. The maximum Gasteiger partial charge on any atom is 0.252 e. The molecule has 4 aliphatic rings. The Labute approximate surface area is 392 Å². The van der Waals surface area contributed by atoms with Gasteiger partial charge in [0.15, 0.2) is 0 Å². The first-order chi connectivity index (χ1) is 31.5. The first-order valence-electron chi connectivity index (χ1n) is 24.4. The predicted octanol–water partition coefficient (Wildman–Crippen LogP) is 14.9. The number of anilines is 8. The monoisotopic (exact) mass is 863 g/mol. The fourth-order valence-electron chi connectivity index (χ4n) is 13.1. The van der Waals surface area contributed by atoms with E-state index in [-0.39, 0.29) is 28.5 Å². The van der Waals surface area contributed by atoms with Gasteiger partial charge in [-0.2, -0.15) is 0 Å². The second-order valence-electron chi connectivity index (χ2n) is 22.8. The highest BCUT2D eigenvalue weighted by molar-refractivity contribution is 7.00. The molecule has 0 spiro atoms. The van der Waals surface area contributed by atoms with Gasteiger partial charge in [-0.1, -0.05) is 122 Å². The van der Waals surface area contributed by atoms with Gasteiger partial charge in [-0.3, -0.25) is 0 Å². The summed E-state index contributed by atoms with van der Waals surface area (Å²) in [5.41, 5.74) is 23.9. The van der Waals surface area contributed by atoms with Crippen LogP contribution in [0.2, 0.25) is 0 Å². The Balaban J connectivity index is 1.18. The molecule has 5 heteroatoms. The van der Waals surface area contributed by atoms with Gasteiger partial charge in [0, 0.05) is 50.6 Å². The summed E-state index contributed by atoms with van der Waals surface area (Å²) in [6.45, 7) is 26.0. The second-order valence-corrected chi connectivity index (χ2v) is 22.8. The highest BCUT2D eigenvalue weighted by atomic mass is 16.3. The van der Waals surface area contributed by atoms with E-state index in [4.69, 9.17) is 4.42 Å². The Kier molecular flexibility index (Phi) is 8.70. The number of furan rings is 1. The summed E-state index contributed by atoms with van der Waals surface area (Å²) in [7, 11) is 0. The Morgan fingerprint density at radius 3 is 1.94 bits per heavy atom. The summed E-state index contributed by atoms with van der Waals surface area (Å²) in [6.07, 6.45) is 4.85. The van der Waals surface area contributed by atoms with E-state index in [1.807, 2.05) is 0 Å². The molecule has 7 aromatic carbocycles. The van der Waals surface area contributed by atoms with Crippen molar-refractivity contribution >= 4 is 90.5 Å². The van der Waals surface area contributed by atoms with Crippen LogP contribution in [-0.4, -0.2) is 12.3 Å². The van der Waals surface area contributed by atoms with Gasteiger partial charge in [0.1, 0.15) is 11.2 Å². The summed E-state index contributed by atoms with van der Waals surface area (Å²) in [5, 5.41) is 2.28. The van der Waals surface area contributed by atoms with Crippen LogP contribution < -0.4 is 31.1 Å². The van der Waals surface area contributed by atoms with Gasteiger partial charge in [-0.05, 0) is 168 Å². The van der Waals surface area contributed by atoms with Gasteiger partial charge in [-0.25, -0.2) is 0 Å². The summed E-state index contributed by atoms with van der Waals surface area (Å²) in [5.74, 6) is 0. The number of nitrogens with zero attached hydrogens (tertiary/aromatic N) is 3. The van der Waals surface area contributed by atoms with Crippen LogP contribution in [0.15, 0.2) is 132 Å². The highest BCUT2D eigenvalue weighted by Gasteiger charge is 2.58. The van der Waals surface area contributed by atoms with E-state index in [1.165, 1.54) is 109 Å². The number of benzene rings is 7. The number of hydrogen-bond donors (Lipinski definition) is 0. The predicted molar refractivity (Wildman–Crippen MR) is 282 cm³/mol. The number of rotatable bonds is 3. The topological polar surface area (TPSA) is 22.9 Å². The van der Waals surface area contributed by atoms with Crippen molar-refractivity contribution in [3.8, 4) is 0 Å². The third-order valence-electron chi connectivity index (χ3n) is 16.4. The van der Waals surface area contributed by atoms with Crippen molar-refractivity contribution < 1.29 is 4.42 Å². The maximum absolute atomic E-state index is 6.67. The lowest BCUT2D eigenvalue weighted by molar-refractivity contribution is 0.194. The molecule has 2 atom stereocenters. The average molecular weight is 864 g/mol. The fraction of sp³-hybridized carbons (Fsp3) is 0.311. The molecule has 4 nitrogen and oxygen atoms in total. The van der Waals surface area contributed by atoms with Gasteiger partial charge in [0.2, 0.25) is 0 Å². The molecule has 0 bridgehead atoms. The standard InChI is InChI=1S/C61H62BN3O/c1-37-30-39(3)56-50(31-37)65(61(11)29-15-14-28-60(56,61)10)43-25-27-46-49(36-43)64(47-21-17-23-54-55(47)44-20-12-13-22-53(44)66-54)52-33-38(2)32-51-57(52)62(46)45-26-24-41(59(7,8)9)35-48(45)63(51)42-19-16-18-40(34-42)58(4,5)6/h12-13,16-27,30-36H,14-15,28-29H2,1-11H3. The van der Waals surface area contributed by atoms with E-state index in [1.54, 1.807) is 0 Å². The highest BCUT2D eigenvalue weighted by Crippen LogP contribution is 2.62. The molecule has 0 radical (unpaired) electrons. The maximum atomic E-state index is 6.67. The van der Waals surface area contributed by atoms with E-state index in [9.17, 15) is 0 Å². The first-order valence-corrected chi connectivity index (χ1v) is 24.4. The molecule has 0 amide bonds. The van der Waals surface area contributed by atoms with E-state index in [2.05, 4.69) is 218 Å². The van der Waals surface area contributed by atoms with Gasteiger partial charge < -0.3 is 19.1 Å². The Morgan fingerprint density at radius 1 is 0.530 bits per heavy atom. The number of fused-ring (bicyclic) bond motifs is 10. The van der Waals surface area contributed by atoms with E-state index < -0.39 is 0 Å². The molecule has 4 heterocycles. The van der Waals surface area contributed by atoms with Crippen molar-refractivity contribution in [2.45, 2.75) is 124 Å². The zero-order valence-electron chi connectivity index (χ0n) is 40.8. The molecule has 2 unspecified atom stereocenters. The molecule has 0 N–H and O–H groups in total. The molecule has 3 aliphatic heterocycles. The SMILES string of the molecule is Cc1cc2c3c(c1)N(c1cccc4oc5ccccc5c14)c1cc(N4c5cc(C)cc(C)c5C5(C)CCCCC45C)ccc1B3c1ccc(C(C)(C)C)cc1N2c1cccc(C(C)(C)C)c1. The third kappa shape index (κ3) is 5.71. The molecule has 66 heavy (non-hydrogen) atoms. The van der Waals surface area contributed by atoms with Crippen LogP contribution in [0.25, 0.3) is 21.9 Å². The quantitative estimate of drug-likeness (QED) is 0.165. The fourth-order valence-corrected chi connectivity index (χ4v) is 13.1. The van der Waals surface area contributed by atoms with Gasteiger partial charge >= 0.3 is 0 Å². The van der Waals surface area contributed by atoms with Crippen molar-refractivity contribution in [1.82, 2.24) is 0 Å². The molecule has 1 fully saturated rings. The number of para-hydroxylation sites is 1. The van der Waals surface area contributed by atoms with Crippen molar-refractivity contribution in [2.24, 2.45) is 0 Å².